The van der Waals surface area contributed by atoms with Gasteiger partial charge in [-0.05, 0) is 48.0 Å². The molecule has 1 fully saturated rings. The van der Waals surface area contributed by atoms with Gasteiger partial charge in [-0.1, -0.05) is 23.7 Å². The normalized spacial score (nSPS) is 13.9. The molecule has 4 rings (SSSR count). The molecule has 32 heavy (non-hydrogen) atoms. The maximum absolute atomic E-state index is 12.7. The molecule has 0 N–H and O–H groups in total. The van der Waals surface area contributed by atoms with E-state index >= 15 is 0 Å². The number of nitriles is 1. The molecule has 0 radical (unpaired) electrons. The Hall–Kier alpha value is -3.76. The predicted molar refractivity (Wildman–Crippen MR) is 123 cm³/mol. The first-order valence-corrected chi connectivity index (χ1v) is 10.5. The van der Waals surface area contributed by atoms with E-state index in [-0.39, 0.29) is 11.6 Å². The van der Waals surface area contributed by atoms with Crippen LogP contribution in [0.1, 0.15) is 27.5 Å². The van der Waals surface area contributed by atoms with E-state index in [2.05, 4.69) is 11.1 Å². The Morgan fingerprint density at radius 2 is 1.78 bits per heavy atom. The number of ether oxygens (including phenoxy) is 1. The first kappa shape index (κ1) is 21.5. The number of amides is 1. The lowest BCUT2D eigenvalue weighted by Crippen LogP contribution is -2.48. The number of nitrogens with zero attached hydrogens (tertiary/aromatic N) is 4. The van der Waals surface area contributed by atoms with Crippen molar-refractivity contribution in [2.24, 2.45) is 0 Å². The summed E-state index contributed by atoms with van der Waals surface area (Å²) >= 11 is 5.91. The fourth-order valence-electron chi connectivity index (χ4n) is 3.46. The van der Waals surface area contributed by atoms with Crippen LogP contribution >= 0.6 is 11.6 Å². The molecule has 3 aromatic rings. The molecule has 162 valence electrons. The average Bonchev–Trinajstić information content (AvgIpc) is 3.26. The predicted octanol–water partition coefficient (Wildman–Crippen LogP) is 4.34. The van der Waals surface area contributed by atoms with Crippen molar-refractivity contribution < 1.29 is 13.9 Å². The molecule has 1 aliphatic rings. The minimum Gasteiger partial charge on any atom is -0.497 e. The van der Waals surface area contributed by atoms with Gasteiger partial charge in [0.15, 0.2) is 0 Å². The number of halogens is 1. The molecular formula is C24H21ClN4O3. The summed E-state index contributed by atoms with van der Waals surface area (Å²) in [4.78, 5) is 20.7. The lowest BCUT2D eigenvalue weighted by Gasteiger charge is -2.34. The number of hydrogen-bond donors (Lipinski definition) is 0. The topological polar surface area (TPSA) is 82.6 Å². The van der Waals surface area contributed by atoms with Gasteiger partial charge in [-0.25, -0.2) is 0 Å². The SMILES string of the molecule is COc1ccc(C=Cc2nc(C#N)c(N3CCN(C(=O)c4ccc(Cl)cc4)CC3)o2)cc1. The Morgan fingerprint density at radius 1 is 1.09 bits per heavy atom. The highest BCUT2D eigenvalue weighted by Crippen LogP contribution is 2.25. The molecule has 0 saturated carbocycles. The monoisotopic (exact) mass is 448 g/mol. The van der Waals surface area contributed by atoms with Crippen molar-refractivity contribution in [1.82, 2.24) is 9.88 Å². The first-order chi connectivity index (χ1) is 15.6. The summed E-state index contributed by atoms with van der Waals surface area (Å²) in [5, 5.41) is 10.1. The van der Waals surface area contributed by atoms with Crippen molar-refractivity contribution in [3.05, 3.63) is 76.3 Å². The van der Waals surface area contributed by atoms with Crippen LogP contribution in [0, 0.1) is 11.3 Å². The zero-order valence-electron chi connectivity index (χ0n) is 17.5. The summed E-state index contributed by atoms with van der Waals surface area (Å²) in [6, 6.07) is 16.5. The lowest BCUT2D eigenvalue weighted by molar-refractivity contribution is 0.0745. The summed E-state index contributed by atoms with van der Waals surface area (Å²) < 4.78 is 11.0. The molecule has 2 heterocycles. The molecule has 2 aromatic carbocycles. The number of carbonyl (C=O) groups excluding carboxylic acids is 1. The van der Waals surface area contributed by atoms with E-state index in [0.29, 0.717) is 48.5 Å². The number of carbonyl (C=O) groups is 1. The molecule has 1 aliphatic heterocycles. The second-order valence-corrected chi connectivity index (χ2v) is 7.65. The standard InChI is InChI=1S/C24H21ClN4O3/c1-31-20-9-2-17(3-10-20)4-11-22-27-21(16-26)24(32-22)29-14-12-28(13-15-29)23(30)18-5-7-19(25)8-6-18/h2-11H,12-15H2,1H3. The van der Waals surface area contributed by atoms with Crippen molar-refractivity contribution in [1.29, 1.82) is 5.26 Å². The highest BCUT2D eigenvalue weighted by molar-refractivity contribution is 6.30. The number of anilines is 1. The van der Waals surface area contributed by atoms with E-state index < -0.39 is 0 Å². The zero-order valence-corrected chi connectivity index (χ0v) is 18.2. The highest BCUT2D eigenvalue weighted by atomic mass is 35.5. The quantitative estimate of drug-likeness (QED) is 0.577. The van der Waals surface area contributed by atoms with E-state index in [1.54, 1.807) is 42.4 Å². The van der Waals surface area contributed by atoms with Crippen LogP contribution in [0.5, 0.6) is 5.75 Å². The molecule has 1 amide bonds. The fourth-order valence-corrected chi connectivity index (χ4v) is 3.58. The van der Waals surface area contributed by atoms with E-state index in [0.717, 1.165) is 11.3 Å². The average molecular weight is 449 g/mol. The van der Waals surface area contributed by atoms with E-state index in [9.17, 15) is 10.1 Å². The van der Waals surface area contributed by atoms with E-state index in [1.807, 2.05) is 35.2 Å². The van der Waals surface area contributed by atoms with Gasteiger partial charge in [0.1, 0.15) is 11.8 Å². The highest BCUT2D eigenvalue weighted by Gasteiger charge is 2.26. The van der Waals surface area contributed by atoms with Gasteiger partial charge in [-0.15, -0.1) is 0 Å². The molecule has 1 saturated heterocycles. The molecule has 0 aliphatic carbocycles. The lowest BCUT2D eigenvalue weighted by atomic mass is 10.2. The zero-order chi connectivity index (χ0) is 22.5. The van der Waals surface area contributed by atoms with E-state index in [4.69, 9.17) is 20.8 Å². The van der Waals surface area contributed by atoms with Gasteiger partial charge in [0.2, 0.25) is 17.5 Å². The molecular weight excluding hydrogens is 428 g/mol. The van der Waals surface area contributed by atoms with Gasteiger partial charge in [-0.2, -0.15) is 10.2 Å². The third-order valence-corrected chi connectivity index (χ3v) is 5.46. The Labute approximate surface area is 191 Å². The summed E-state index contributed by atoms with van der Waals surface area (Å²) in [6.07, 6.45) is 3.59. The van der Waals surface area contributed by atoms with Crippen LogP contribution in [0.2, 0.25) is 5.02 Å². The second kappa shape index (κ2) is 9.58. The summed E-state index contributed by atoms with van der Waals surface area (Å²) in [5.41, 5.74) is 1.79. The van der Waals surface area contributed by atoms with Gasteiger partial charge in [0, 0.05) is 42.8 Å². The second-order valence-electron chi connectivity index (χ2n) is 7.21. The third-order valence-electron chi connectivity index (χ3n) is 5.21. The van der Waals surface area contributed by atoms with Gasteiger partial charge in [-0.3, -0.25) is 4.79 Å². The van der Waals surface area contributed by atoms with Crippen LogP contribution in [0.3, 0.4) is 0 Å². The van der Waals surface area contributed by atoms with Crippen LogP contribution in [0.4, 0.5) is 5.88 Å². The Morgan fingerprint density at radius 3 is 2.41 bits per heavy atom. The number of piperazine rings is 1. The maximum Gasteiger partial charge on any atom is 0.253 e. The third kappa shape index (κ3) is 4.76. The van der Waals surface area contributed by atoms with Gasteiger partial charge in [0.05, 0.1) is 7.11 Å². The largest absolute Gasteiger partial charge is 0.497 e. The Balaban J connectivity index is 1.42. The van der Waals surface area contributed by atoms with Crippen molar-refractivity contribution in [3.63, 3.8) is 0 Å². The molecule has 1 aromatic heterocycles. The molecule has 0 atom stereocenters. The van der Waals surface area contributed by atoms with Crippen molar-refractivity contribution in [2.75, 3.05) is 38.2 Å². The minimum atomic E-state index is -0.0393. The van der Waals surface area contributed by atoms with Crippen molar-refractivity contribution in [3.8, 4) is 11.8 Å². The first-order valence-electron chi connectivity index (χ1n) is 10.1. The van der Waals surface area contributed by atoms with Crippen LogP contribution in [-0.2, 0) is 0 Å². The number of aromatic nitrogens is 1. The fraction of sp³-hybridized carbons (Fsp3) is 0.208. The number of rotatable bonds is 5. The smallest absolute Gasteiger partial charge is 0.253 e. The Bertz CT molecular complexity index is 1160. The van der Waals surface area contributed by atoms with Crippen LogP contribution < -0.4 is 9.64 Å². The number of methoxy groups -OCH3 is 1. The number of benzene rings is 2. The number of oxazole rings is 1. The van der Waals surface area contributed by atoms with Crippen LogP contribution in [0.15, 0.2) is 52.9 Å². The van der Waals surface area contributed by atoms with E-state index in [1.165, 1.54) is 0 Å². The minimum absolute atomic E-state index is 0.0393. The van der Waals surface area contributed by atoms with Crippen molar-refractivity contribution in [2.45, 2.75) is 0 Å². The van der Waals surface area contributed by atoms with Crippen LogP contribution in [0.25, 0.3) is 12.2 Å². The van der Waals surface area contributed by atoms with Gasteiger partial charge in [0.25, 0.3) is 5.91 Å². The van der Waals surface area contributed by atoms with Gasteiger partial charge < -0.3 is 19.0 Å². The molecule has 0 unspecified atom stereocenters. The summed E-state index contributed by atoms with van der Waals surface area (Å²) in [6.45, 7) is 2.13. The maximum atomic E-state index is 12.7. The summed E-state index contributed by atoms with van der Waals surface area (Å²) in [5.74, 6) is 1.52. The van der Waals surface area contributed by atoms with Crippen LogP contribution in [-0.4, -0.2) is 49.1 Å². The molecule has 0 bridgehead atoms. The molecule has 8 heteroatoms. The number of hydrogen-bond acceptors (Lipinski definition) is 6. The van der Waals surface area contributed by atoms with Gasteiger partial charge >= 0.3 is 0 Å². The van der Waals surface area contributed by atoms with Crippen molar-refractivity contribution >= 4 is 35.5 Å². The molecule has 0 spiro atoms. The molecule has 7 nitrogen and oxygen atoms in total. The Kier molecular flexibility index (Phi) is 6.43. The summed E-state index contributed by atoms with van der Waals surface area (Å²) in [7, 11) is 1.62.